The van der Waals surface area contributed by atoms with E-state index in [4.69, 9.17) is 9.57 Å². The van der Waals surface area contributed by atoms with Gasteiger partial charge in [-0.1, -0.05) is 18.2 Å². The Balaban J connectivity index is 1.85. The molecule has 0 aliphatic rings. The smallest absolute Gasteiger partial charge is 0.283 e. The summed E-state index contributed by atoms with van der Waals surface area (Å²) in [6.07, 6.45) is 6.50. The fraction of sp³-hybridized carbons (Fsp3) is 0.211. The summed E-state index contributed by atoms with van der Waals surface area (Å²) >= 11 is 0. The molecule has 2 rings (SSSR count). The van der Waals surface area contributed by atoms with Crippen molar-refractivity contribution in [3.8, 4) is 5.75 Å². The van der Waals surface area contributed by atoms with E-state index in [9.17, 15) is 9.59 Å². The Bertz CT molecular complexity index is 762. The van der Waals surface area contributed by atoms with Gasteiger partial charge in [0.05, 0.1) is 7.11 Å². The molecule has 0 saturated carbocycles. The van der Waals surface area contributed by atoms with Crippen LogP contribution in [0, 0.1) is 0 Å². The number of pyridine rings is 1. The fourth-order valence-corrected chi connectivity index (χ4v) is 1.97. The molecule has 1 heterocycles. The van der Waals surface area contributed by atoms with E-state index in [2.05, 4.69) is 10.3 Å². The molecule has 1 N–H and O–H groups in total. The van der Waals surface area contributed by atoms with Gasteiger partial charge in [0, 0.05) is 32.1 Å². The van der Waals surface area contributed by atoms with E-state index >= 15 is 0 Å². The van der Waals surface area contributed by atoms with Crippen LogP contribution in [0.5, 0.6) is 5.75 Å². The van der Waals surface area contributed by atoms with Crippen LogP contribution in [-0.2, 0) is 21.0 Å². The van der Waals surface area contributed by atoms with E-state index in [1.54, 1.807) is 36.7 Å². The quantitative estimate of drug-likeness (QED) is 0.577. The summed E-state index contributed by atoms with van der Waals surface area (Å²) in [6.45, 7) is 0.276. The van der Waals surface area contributed by atoms with E-state index in [0.29, 0.717) is 12.3 Å². The number of ether oxygens (including phenoxy) is 1. The number of carbonyl (C=O) groups is 2. The standard InChI is InChI=1S/C19H21N3O4/c1-22(25-2)19(24)14-26-17-7-3-5-15(11-17)8-9-18(23)21-13-16-6-4-10-20-12-16/h3-12H,13-14H2,1-2H3,(H,21,23)/b9-8+. The van der Waals surface area contributed by atoms with Crippen molar-refractivity contribution in [1.82, 2.24) is 15.4 Å². The van der Waals surface area contributed by atoms with Gasteiger partial charge >= 0.3 is 0 Å². The van der Waals surface area contributed by atoms with Crippen molar-refractivity contribution >= 4 is 17.9 Å². The summed E-state index contributed by atoms with van der Waals surface area (Å²) in [7, 11) is 2.91. The van der Waals surface area contributed by atoms with Crippen LogP contribution in [-0.4, -0.2) is 42.6 Å². The van der Waals surface area contributed by atoms with Crippen LogP contribution in [0.2, 0.25) is 0 Å². The zero-order valence-electron chi connectivity index (χ0n) is 14.7. The van der Waals surface area contributed by atoms with E-state index in [0.717, 1.165) is 16.2 Å². The summed E-state index contributed by atoms with van der Waals surface area (Å²) < 4.78 is 5.43. The number of nitrogens with zero attached hydrogens (tertiary/aromatic N) is 2. The highest BCUT2D eigenvalue weighted by atomic mass is 16.7. The highest BCUT2D eigenvalue weighted by Gasteiger charge is 2.08. The van der Waals surface area contributed by atoms with Gasteiger partial charge in [-0.15, -0.1) is 0 Å². The second-order valence-corrected chi connectivity index (χ2v) is 5.35. The molecule has 7 nitrogen and oxygen atoms in total. The van der Waals surface area contributed by atoms with E-state index < -0.39 is 0 Å². The number of carbonyl (C=O) groups excluding carboxylic acids is 2. The van der Waals surface area contributed by atoms with Crippen LogP contribution in [0.25, 0.3) is 6.08 Å². The molecule has 0 atom stereocenters. The van der Waals surface area contributed by atoms with Crippen molar-refractivity contribution in [3.63, 3.8) is 0 Å². The average molecular weight is 355 g/mol. The topological polar surface area (TPSA) is 80.8 Å². The lowest BCUT2D eigenvalue weighted by Crippen LogP contribution is -2.30. The maximum Gasteiger partial charge on any atom is 0.283 e. The highest BCUT2D eigenvalue weighted by molar-refractivity contribution is 5.91. The van der Waals surface area contributed by atoms with Gasteiger partial charge in [-0.05, 0) is 35.4 Å². The normalized spacial score (nSPS) is 10.5. The zero-order valence-corrected chi connectivity index (χ0v) is 14.7. The second-order valence-electron chi connectivity index (χ2n) is 5.35. The summed E-state index contributed by atoms with van der Waals surface area (Å²) in [4.78, 5) is 32.3. The first-order valence-electron chi connectivity index (χ1n) is 7.97. The summed E-state index contributed by atoms with van der Waals surface area (Å²) in [5.41, 5.74) is 1.71. The van der Waals surface area contributed by atoms with Gasteiger partial charge in [-0.2, -0.15) is 0 Å². The number of likely N-dealkylation sites (N-methyl/N-ethyl adjacent to an activating group) is 1. The van der Waals surface area contributed by atoms with E-state index in [-0.39, 0.29) is 18.4 Å². The van der Waals surface area contributed by atoms with Gasteiger partial charge in [0.25, 0.3) is 5.91 Å². The minimum absolute atomic E-state index is 0.136. The number of rotatable bonds is 8. The molecule has 0 saturated heterocycles. The van der Waals surface area contributed by atoms with Crippen LogP contribution in [0.4, 0.5) is 0 Å². The Morgan fingerprint density at radius 1 is 1.27 bits per heavy atom. The number of hydroxylamine groups is 2. The lowest BCUT2D eigenvalue weighted by Gasteiger charge is -2.14. The molecule has 0 spiro atoms. The zero-order chi connectivity index (χ0) is 18.8. The first-order valence-corrected chi connectivity index (χ1v) is 7.97. The number of hydrogen-bond donors (Lipinski definition) is 1. The molecule has 0 aliphatic heterocycles. The summed E-state index contributed by atoms with van der Waals surface area (Å²) in [5, 5.41) is 3.88. The minimum Gasteiger partial charge on any atom is -0.484 e. The average Bonchev–Trinajstić information content (AvgIpc) is 2.69. The van der Waals surface area contributed by atoms with Crippen molar-refractivity contribution in [2.75, 3.05) is 20.8 Å². The fourth-order valence-electron chi connectivity index (χ4n) is 1.97. The lowest BCUT2D eigenvalue weighted by molar-refractivity contribution is -0.170. The van der Waals surface area contributed by atoms with Crippen molar-refractivity contribution in [2.24, 2.45) is 0 Å². The second kappa shape index (κ2) is 9.95. The molecule has 26 heavy (non-hydrogen) atoms. The van der Waals surface area contributed by atoms with Crippen molar-refractivity contribution in [3.05, 3.63) is 66.0 Å². The molecule has 0 unspecified atom stereocenters. The van der Waals surface area contributed by atoms with Crippen LogP contribution >= 0.6 is 0 Å². The monoisotopic (exact) mass is 355 g/mol. The van der Waals surface area contributed by atoms with Crippen LogP contribution < -0.4 is 10.1 Å². The van der Waals surface area contributed by atoms with Gasteiger partial charge in [0.1, 0.15) is 5.75 Å². The van der Waals surface area contributed by atoms with Gasteiger partial charge in [-0.25, -0.2) is 5.06 Å². The number of amides is 2. The Hall–Kier alpha value is -3.19. The molecule has 1 aromatic heterocycles. The Labute approximate surface area is 152 Å². The third-order valence-corrected chi connectivity index (χ3v) is 3.46. The van der Waals surface area contributed by atoms with Crippen LogP contribution in [0.3, 0.4) is 0 Å². The number of benzene rings is 1. The van der Waals surface area contributed by atoms with E-state index in [1.165, 1.54) is 20.2 Å². The van der Waals surface area contributed by atoms with Crippen molar-refractivity contribution in [2.45, 2.75) is 6.54 Å². The molecule has 0 radical (unpaired) electrons. The van der Waals surface area contributed by atoms with Crippen LogP contribution in [0.1, 0.15) is 11.1 Å². The molecule has 2 aromatic rings. The molecule has 136 valence electrons. The number of hydrogen-bond acceptors (Lipinski definition) is 5. The summed E-state index contributed by atoms with van der Waals surface area (Å²) in [6, 6.07) is 10.8. The minimum atomic E-state index is -0.303. The Morgan fingerprint density at radius 3 is 2.85 bits per heavy atom. The molecular weight excluding hydrogens is 334 g/mol. The Morgan fingerprint density at radius 2 is 2.12 bits per heavy atom. The predicted octanol–water partition coefficient (Wildman–Crippen LogP) is 1.81. The molecule has 1 aromatic carbocycles. The number of aromatic nitrogens is 1. The van der Waals surface area contributed by atoms with Crippen molar-refractivity contribution in [1.29, 1.82) is 0 Å². The molecule has 7 heteroatoms. The van der Waals surface area contributed by atoms with Gasteiger partial charge in [-0.3, -0.25) is 19.4 Å². The lowest BCUT2D eigenvalue weighted by atomic mass is 10.2. The maximum atomic E-state index is 11.9. The number of nitrogens with one attached hydrogen (secondary N) is 1. The first-order chi connectivity index (χ1) is 12.6. The van der Waals surface area contributed by atoms with Gasteiger partial charge < -0.3 is 10.1 Å². The van der Waals surface area contributed by atoms with Gasteiger partial charge in [0.2, 0.25) is 5.91 Å². The molecule has 2 amide bonds. The SMILES string of the molecule is CON(C)C(=O)COc1cccc(/C=C/C(=O)NCc2cccnc2)c1. The molecule has 0 bridgehead atoms. The van der Waals surface area contributed by atoms with E-state index in [1.807, 2.05) is 18.2 Å². The highest BCUT2D eigenvalue weighted by Crippen LogP contribution is 2.14. The molecular formula is C19H21N3O4. The third-order valence-electron chi connectivity index (χ3n) is 3.46. The molecule has 0 aliphatic carbocycles. The largest absolute Gasteiger partial charge is 0.484 e. The molecule has 0 fully saturated rings. The first kappa shape index (κ1) is 19.1. The van der Waals surface area contributed by atoms with Crippen molar-refractivity contribution < 1.29 is 19.2 Å². The summed E-state index contributed by atoms with van der Waals surface area (Å²) in [5.74, 6) is 0.0149. The van der Waals surface area contributed by atoms with Gasteiger partial charge in [0.15, 0.2) is 6.61 Å². The Kier molecular flexibility index (Phi) is 7.32. The predicted molar refractivity (Wildman–Crippen MR) is 96.8 cm³/mol. The van der Waals surface area contributed by atoms with Crippen LogP contribution in [0.15, 0.2) is 54.9 Å². The third kappa shape index (κ3) is 6.37. The maximum absolute atomic E-state index is 11.9.